The molecule has 3 aromatic rings. The number of hydrogen-bond donors (Lipinski definition) is 1. The van der Waals surface area contributed by atoms with E-state index in [-0.39, 0.29) is 38.1 Å². The van der Waals surface area contributed by atoms with E-state index in [1.54, 1.807) is 41.9 Å². The molecule has 3 heterocycles. The summed E-state index contributed by atoms with van der Waals surface area (Å²) in [7, 11) is 0.0545. The van der Waals surface area contributed by atoms with E-state index in [4.69, 9.17) is 9.47 Å². The van der Waals surface area contributed by atoms with Gasteiger partial charge in [-0.2, -0.15) is 9.40 Å². The fraction of sp³-hybridized carbons (Fsp3) is 0.429. The molecule has 13 heteroatoms. The average Bonchev–Trinajstić information content (AvgIpc) is 3.75. The number of rotatable bonds is 10. The van der Waals surface area contributed by atoms with Gasteiger partial charge in [0, 0.05) is 57.4 Å². The van der Waals surface area contributed by atoms with Crippen molar-refractivity contribution in [2.75, 3.05) is 39.5 Å². The minimum absolute atomic E-state index is 0.145. The first-order chi connectivity index (χ1) is 19.6. The number of ether oxygens (including phenoxy) is 2. The summed E-state index contributed by atoms with van der Waals surface area (Å²) in [5.41, 5.74) is 3.28. The number of amides is 2. The second kappa shape index (κ2) is 11.9. The molecular weight excluding hydrogens is 548 g/mol. The molecule has 1 N–H and O–H groups in total. The number of piperazine rings is 1. The molecule has 1 aromatic carbocycles. The van der Waals surface area contributed by atoms with Gasteiger partial charge in [-0.3, -0.25) is 19.3 Å². The van der Waals surface area contributed by atoms with Crippen molar-refractivity contribution in [1.29, 1.82) is 0 Å². The van der Waals surface area contributed by atoms with E-state index < -0.39 is 10.0 Å². The van der Waals surface area contributed by atoms with E-state index in [0.717, 1.165) is 24.1 Å². The Hall–Kier alpha value is -3.97. The molecule has 0 radical (unpaired) electrons. The topological polar surface area (TPSA) is 136 Å². The standard InChI is InChI=1S/C28H34N6O6S/c1-32-24(15-23(31-32)19-7-8-19)27(35)30-16-20-5-4-6-25(26(20)39-2)40-18-22-10-9-21(17-29-22)28(36)33-11-13-34(14-12-33)41(3,37)38/h4-6,9-10,15,17,19H,7-8,11-14,16,18H2,1-3H3,(H,30,35). The Morgan fingerprint density at radius 2 is 1.85 bits per heavy atom. The highest BCUT2D eigenvalue weighted by atomic mass is 32.2. The Morgan fingerprint density at radius 3 is 2.49 bits per heavy atom. The molecule has 0 unspecified atom stereocenters. The summed E-state index contributed by atoms with van der Waals surface area (Å²) < 4.78 is 38.0. The van der Waals surface area contributed by atoms with Crippen LogP contribution in [-0.2, 0) is 30.2 Å². The third-order valence-corrected chi connectivity index (χ3v) is 8.58. The number of carbonyl (C=O) groups excluding carboxylic acids is 2. The molecule has 0 spiro atoms. The van der Waals surface area contributed by atoms with Crippen LogP contribution in [0.1, 0.15) is 56.6 Å². The van der Waals surface area contributed by atoms with Gasteiger partial charge in [0.15, 0.2) is 11.5 Å². The predicted molar refractivity (Wildman–Crippen MR) is 150 cm³/mol. The van der Waals surface area contributed by atoms with Crippen LogP contribution >= 0.6 is 0 Å². The summed E-state index contributed by atoms with van der Waals surface area (Å²) in [6.07, 6.45) is 4.91. The largest absolute Gasteiger partial charge is 0.493 e. The molecule has 2 aliphatic rings. The highest BCUT2D eigenvalue weighted by molar-refractivity contribution is 7.88. The number of nitrogens with one attached hydrogen (secondary N) is 1. The average molecular weight is 583 g/mol. The first-order valence-electron chi connectivity index (χ1n) is 13.4. The maximum absolute atomic E-state index is 12.9. The Labute approximate surface area is 239 Å². The number of carbonyl (C=O) groups is 2. The number of hydrogen-bond acceptors (Lipinski definition) is 8. The molecule has 1 saturated carbocycles. The molecule has 41 heavy (non-hydrogen) atoms. The smallest absolute Gasteiger partial charge is 0.269 e. The van der Waals surface area contributed by atoms with Gasteiger partial charge in [-0.25, -0.2) is 8.42 Å². The number of nitrogens with zero attached hydrogens (tertiary/aromatic N) is 5. The maximum atomic E-state index is 12.9. The first-order valence-corrected chi connectivity index (χ1v) is 15.3. The molecule has 2 amide bonds. The second-order valence-electron chi connectivity index (χ2n) is 10.3. The van der Waals surface area contributed by atoms with Crippen molar-refractivity contribution < 1.29 is 27.5 Å². The summed E-state index contributed by atoms with van der Waals surface area (Å²) in [6.45, 7) is 1.61. The van der Waals surface area contributed by atoms with Crippen LogP contribution in [0.3, 0.4) is 0 Å². The number of benzene rings is 1. The molecule has 1 aliphatic heterocycles. The summed E-state index contributed by atoms with van der Waals surface area (Å²) in [5, 5.41) is 7.40. The molecule has 12 nitrogen and oxygen atoms in total. The Kier molecular flexibility index (Phi) is 8.27. The van der Waals surface area contributed by atoms with Gasteiger partial charge < -0.3 is 19.7 Å². The van der Waals surface area contributed by atoms with Crippen LogP contribution in [0.15, 0.2) is 42.6 Å². The Bertz CT molecular complexity index is 1530. The van der Waals surface area contributed by atoms with Crippen LogP contribution in [-0.4, -0.2) is 83.7 Å². The van der Waals surface area contributed by atoms with Crippen molar-refractivity contribution in [3.63, 3.8) is 0 Å². The van der Waals surface area contributed by atoms with E-state index in [1.165, 1.54) is 16.8 Å². The number of sulfonamides is 1. The molecule has 0 bridgehead atoms. The fourth-order valence-electron chi connectivity index (χ4n) is 4.79. The molecule has 218 valence electrons. The van der Waals surface area contributed by atoms with Crippen molar-refractivity contribution in [1.82, 2.24) is 29.3 Å². The highest BCUT2D eigenvalue weighted by Gasteiger charge is 2.28. The fourth-order valence-corrected chi connectivity index (χ4v) is 5.61. The predicted octanol–water partition coefficient (Wildman–Crippen LogP) is 1.93. The lowest BCUT2D eigenvalue weighted by Gasteiger charge is -2.33. The molecule has 5 rings (SSSR count). The molecule has 1 saturated heterocycles. The normalized spacial score (nSPS) is 15.9. The zero-order chi connectivity index (χ0) is 29.1. The summed E-state index contributed by atoms with van der Waals surface area (Å²) in [5.74, 6) is 1.08. The SMILES string of the molecule is COc1c(CNC(=O)c2cc(C3CC3)nn2C)cccc1OCc1ccc(C(=O)N2CCN(S(C)(=O)=O)CC2)cn1. The van der Waals surface area contributed by atoms with Gasteiger partial charge in [0.1, 0.15) is 12.3 Å². The van der Waals surface area contributed by atoms with Crippen LogP contribution in [0.4, 0.5) is 0 Å². The number of aromatic nitrogens is 3. The molecule has 0 atom stereocenters. The van der Waals surface area contributed by atoms with Crippen LogP contribution in [0, 0.1) is 0 Å². The lowest BCUT2D eigenvalue weighted by Crippen LogP contribution is -2.50. The summed E-state index contributed by atoms with van der Waals surface area (Å²) >= 11 is 0. The van der Waals surface area contributed by atoms with Crippen LogP contribution in [0.5, 0.6) is 11.5 Å². The zero-order valence-corrected chi connectivity index (χ0v) is 24.2. The van der Waals surface area contributed by atoms with E-state index >= 15 is 0 Å². The first kappa shape index (κ1) is 28.6. The quantitative estimate of drug-likeness (QED) is 0.383. The van der Waals surface area contributed by atoms with Crippen LogP contribution in [0.2, 0.25) is 0 Å². The molecule has 2 fully saturated rings. The van der Waals surface area contributed by atoms with Crippen molar-refractivity contribution in [3.8, 4) is 11.5 Å². The van der Waals surface area contributed by atoms with Gasteiger partial charge in [0.05, 0.1) is 30.3 Å². The van der Waals surface area contributed by atoms with Crippen LogP contribution < -0.4 is 14.8 Å². The minimum Gasteiger partial charge on any atom is -0.493 e. The zero-order valence-electron chi connectivity index (χ0n) is 23.4. The summed E-state index contributed by atoms with van der Waals surface area (Å²) in [6, 6.07) is 10.7. The summed E-state index contributed by atoms with van der Waals surface area (Å²) in [4.78, 5) is 31.7. The number of para-hydroxylation sites is 1. The van der Waals surface area contributed by atoms with Gasteiger partial charge in [0.2, 0.25) is 10.0 Å². The van der Waals surface area contributed by atoms with E-state index in [9.17, 15) is 18.0 Å². The number of methoxy groups -OCH3 is 1. The third-order valence-electron chi connectivity index (χ3n) is 7.27. The number of aryl methyl sites for hydroxylation is 1. The van der Waals surface area contributed by atoms with Crippen LogP contribution in [0.25, 0.3) is 0 Å². The van der Waals surface area contributed by atoms with Crippen molar-refractivity contribution in [2.45, 2.75) is 31.9 Å². The van der Waals surface area contributed by atoms with Crippen molar-refractivity contribution in [2.24, 2.45) is 7.05 Å². The van der Waals surface area contributed by atoms with E-state index in [2.05, 4.69) is 15.4 Å². The van der Waals surface area contributed by atoms with E-state index in [1.807, 2.05) is 18.2 Å². The van der Waals surface area contributed by atoms with Gasteiger partial charge in [-0.1, -0.05) is 12.1 Å². The molecule has 1 aliphatic carbocycles. The van der Waals surface area contributed by atoms with Gasteiger partial charge >= 0.3 is 0 Å². The van der Waals surface area contributed by atoms with Gasteiger partial charge in [-0.05, 0) is 37.1 Å². The van der Waals surface area contributed by atoms with E-state index in [0.29, 0.717) is 47.5 Å². The molecular formula is C28H34N6O6S. The second-order valence-corrected chi connectivity index (χ2v) is 12.2. The van der Waals surface area contributed by atoms with Gasteiger partial charge in [-0.15, -0.1) is 0 Å². The van der Waals surface area contributed by atoms with Crippen molar-refractivity contribution >= 4 is 21.8 Å². The Morgan fingerprint density at radius 1 is 1.10 bits per heavy atom. The monoisotopic (exact) mass is 582 g/mol. The lowest BCUT2D eigenvalue weighted by molar-refractivity contribution is 0.0697. The lowest BCUT2D eigenvalue weighted by atomic mass is 10.1. The molecule has 2 aromatic heterocycles. The maximum Gasteiger partial charge on any atom is 0.269 e. The highest BCUT2D eigenvalue weighted by Crippen LogP contribution is 2.39. The van der Waals surface area contributed by atoms with Crippen molar-refractivity contribution in [3.05, 3.63) is 70.8 Å². The third kappa shape index (κ3) is 6.68. The minimum atomic E-state index is -3.26. The number of pyridine rings is 1. The Balaban J connectivity index is 1.17. The van der Waals surface area contributed by atoms with Gasteiger partial charge in [0.25, 0.3) is 11.8 Å².